The summed E-state index contributed by atoms with van der Waals surface area (Å²) in [5.41, 5.74) is 1.19. The average Bonchev–Trinajstić information content (AvgIpc) is 2.70. The van der Waals surface area contributed by atoms with E-state index in [2.05, 4.69) is 39.6 Å². The van der Waals surface area contributed by atoms with E-state index in [1.54, 1.807) is 7.11 Å². The molecule has 0 spiro atoms. The van der Waals surface area contributed by atoms with Crippen molar-refractivity contribution in [3.63, 3.8) is 0 Å². The van der Waals surface area contributed by atoms with Crippen LogP contribution in [0.5, 0.6) is 5.75 Å². The summed E-state index contributed by atoms with van der Waals surface area (Å²) in [7, 11) is 3.49. The number of piperidine rings is 1. The topological polar surface area (TPSA) is 58.1 Å². The monoisotopic (exact) mass is 504 g/mol. The molecule has 0 atom stereocenters. The number of ether oxygens (including phenoxy) is 2. The first-order valence-corrected chi connectivity index (χ1v) is 10.1. The van der Waals surface area contributed by atoms with Crippen molar-refractivity contribution in [1.82, 2.24) is 15.5 Å². The van der Waals surface area contributed by atoms with Gasteiger partial charge in [-0.05, 0) is 62.5 Å². The molecule has 160 valence electrons. The van der Waals surface area contributed by atoms with Gasteiger partial charge in [0.05, 0.1) is 6.61 Å². The summed E-state index contributed by atoms with van der Waals surface area (Å²) in [6.45, 7) is 8.87. The van der Waals surface area contributed by atoms with Crippen LogP contribution in [-0.4, -0.2) is 64.4 Å². The first-order chi connectivity index (χ1) is 13.2. The molecule has 1 aromatic rings. The van der Waals surface area contributed by atoms with Crippen molar-refractivity contribution in [1.29, 1.82) is 0 Å². The fourth-order valence-corrected chi connectivity index (χ4v) is 3.15. The van der Waals surface area contributed by atoms with Crippen LogP contribution in [0.25, 0.3) is 0 Å². The van der Waals surface area contributed by atoms with Crippen LogP contribution < -0.4 is 15.4 Å². The summed E-state index contributed by atoms with van der Waals surface area (Å²) in [5, 5.41) is 6.77. The van der Waals surface area contributed by atoms with E-state index < -0.39 is 0 Å². The highest BCUT2D eigenvalue weighted by atomic mass is 127. The molecular formula is C21H37IN4O2. The van der Waals surface area contributed by atoms with Crippen molar-refractivity contribution in [2.24, 2.45) is 10.9 Å². The van der Waals surface area contributed by atoms with Gasteiger partial charge in [0.1, 0.15) is 12.4 Å². The lowest BCUT2D eigenvalue weighted by molar-refractivity contribution is 0.146. The molecule has 0 radical (unpaired) electrons. The Morgan fingerprint density at radius 1 is 1.14 bits per heavy atom. The van der Waals surface area contributed by atoms with Crippen molar-refractivity contribution in [2.75, 3.05) is 53.6 Å². The lowest BCUT2D eigenvalue weighted by atomic mass is 9.99. The lowest BCUT2D eigenvalue weighted by Gasteiger charge is -2.30. The van der Waals surface area contributed by atoms with E-state index in [0.717, 1.165) is 37.1 Å². The van der Waals surface area contributed by atoms with Crippen LogP contribution in [0.1, 0.15) is 31.7 Å². The Morgan fingerprint density at radius 3 is 2.50 bits per heavy atom. The van der Waals surface area contributed by atoms with Gasteiger partial charge in [-0.25, -0.2) is 0 Å². The zero-order chi connectivity index (χ0) is 19.3. The zero-order valence-corrected chi connectivity index (χ0v) is 19.9. The number of halogens is 1. The average molecular weight is 504 g/mol. The van der Waals surface area contributed by atoms with Crippen LogP contribution >= 0.6 is 24.0 Å². The minimum Gasteiger partial charge on any atom is -0.491 e. The lowest BCUT2D eigenvalue weighted by Crippen LogP contribution is -2.39. The SMILES string of the molecule is CN=C(NCCCN1CCC(C)CC1)NCc1ccc(OCCOC)cc1.I. The third-order valence-electron chi connectivity index (χ3n) is 4.98. The van der Waals surface area contributed by atoms with Gasteiger partial charge in [0.25, 0.3) is 0 Å². The van der Waals surface area contributed by atoms with E-state index in [1.807, 2.05) is 19.2 Å². The zero-order valence-electron chi connectivity index (χ0n) is 17.6. The molecule has 0 saturated carbocycles. The van der Waals surface area contributed by atoms with Gasteiger partial charge >= 0.3 is 0 Å². The maximum atomic E-state index is 5.58. The number of guanidine groups is 1. The van der Waals surface area contributed by atoms with Crippen LogP contribution in [0.4, 0.5) is 0 Å². The summed E-state index contributed by atoms with van der Waals surface area (Å²) in [6, 6.07) is 8.12. The molecule has 1 aromatic carbocycles. The Labute approximate surface area is 187 Å². The molecule has 2 rings (SSSR count). The van der Waals surface area contributed by atoms with Crippen LogP contribution in [0.3, 0.4) is 0 Å². The molecule has 0 aliphatic carbocycles. The van der Waals surface area contributed by atoms with Gasteiger partial charge in [-0.1, -0.05) is 19.1 Å². The van der Waals surface area contributed by atoms with Crippen LogP contribution in [-0.2, 0) is 11.3 Å². The maximum absolute atomic E-state index is 5.58. The molecule has 1 fully saturated rings. The molecule has 0 amide bonds. The smallest absolute Gasteiger partial charge is 0.191 e. The Morgan fingerprint density at radius 2 is 1.86 bits per heavy atom. The highest BCUT2D eigenvalue weighted by Gasteiger charge is 2.14. The third kappa shape index (κ3) is 9.93. The molecule has 0 aromatic heterocycles. The summed E-state index contributed by atoms with van der Waals surface area (Å²) in [5.74, 6) is 2.61. The largest absolute Gasteiger partial charge is 0.491 e. The number of hydrogen-bond donors (Lipinski definition) is 2. The standard InChI is InChI=1S/C21H36N4O2.HI/c1-18-9-13-25(14-10-18)12-4-11-23-21(22-2)24-17-19-5-7-20(8-6-19)27-16-15-26-3;/h5-8,18H,4,9-17H2,1-3H3,(H2,22,23,24);1H. The van der Waals surface area contributed by atoms with E-state index in [-0.39, 0.29) is 24.0 Å². The van der Waals surface area contributed by atoms with E-state index in [4.69, 9.17) is 9.47 Å². The molecule has 1 heterocycles. The molecule has 0 unspecified atom stereocenters. The fraction of sp³-hybridized carbons (Fsp3) is 0.667. The number of benzene rings is 1. The highest BCUT2D eigenvalue weighted by molar-refractivity contribution is 14.0. The molecule has 6 nitrogen and oxygen atoms in total. The van der Waals surface area contributed by atoms with Crippen LogP contribution in [0.2, 0.25) is 0 Å². The molecule has 1 aliphatic rings. The number of nitrogens with one attached hydrogen (secondary N) is 2. The van der Waals surface area contributed by atoms with E-state index in [1.165, 1.54) is 38.0 Å². The van der Waals surface area contributed by atoms with Gasteiger partial charge in [0, 0.05) is 27.2 Å². The summed E-state index contributed by atoms with van der Waals surface area (Å²) in [6.07, 6.45) is 3.82. The van der Waals surface area contributed by atoms with Crippen LogP contribution in [0, 0.1) is 5.92 Å². The van der Waals surface area contributed by atoms with Crippen molar-refractivity contribution in [2.45, 2.75) is 32.7 Å². The third-order valence-corrected chi connectivity index (χ3v) is 4.98. The molecule has 7 heteroatoms. The van der Waals surface area contributed by atoms with Gasteiger partial charge in [-0.2, -0.15) is 0 Å². The van der Waals surface area contributed by atoms with Gasteiger partial charge in [-0.15, -0.1) is 24.0 Å². The second-order valence-corrected chi connectivity index (χ2v) is 7.22. The molecule has 28 heavy (non-hydrogen) atoms. The molecule has 1 saturated heterocycles. The molecule has 2 N–H and O–H groups in total. The Hall–Kier alpha value is -1.06. The van der Waals surface area contributed by atoms with Crippen molar-refractivity contribution in [3.05, 3.63) is 29.8 Å². The fourth-order valence-electron chi connectivity index (χ4n) is 3.15. The predicted molar refractivity (Wildman–Crippen MR) is 127 cm³/mol. The maximum Gasteiger partial charge on any atom is 0.191 e. The van der Waals surface area contributed by atoms with Gasteiger partial charge < -0.3 is 25.0 Å². The number of aliphatic imine (C=N–C) groups is 1. The van der Waals surface area contributed by atoms with Gasteiger partial charge in [0.15, 0.2) is 5.96 Å². The summed E-state index contributed by atoms with van der Waals surface area (Å²) < 4.78 is 10.6. The number of rotatable bonds is 10. The second-order valence-electron chi connectivity index (χ2n) is 7.22. The van der Waals surface area contributed by atoms with E-state index in [9.17, 15) is 0 Å². The summed E-state index contributed by atoms with van der Waals surface area (Å²) >= 11 is 0. The number of likely N-dealkylation sites (tertiary alicyclic amines) is 1. The highest BCUT2D eigenvalue weighted by Crippen LogP contribution is 2.15. The molecule has 0 bridgehead atoms. The minimum atomic E-state index is 0. The van der Waals surface area contributed by atoms with Crippen molar-refractivity contribution >= 4 is 29.9 Å². The molecular weight excluding hydrogens is 467 g/mol. The van der Waals surface area contributed by atoms with Crippen molar-refractivity contribution in [3.8, 4) is 5.75 Å². The van der Waals surface area contributed by atoms with Crippen molar-refractivity contribution < 1.29 is 9.47 Å². The van der Waals surface area contributed by atoms with Gasteiger partial charge in [-0.3, -0.25) is 4.99 Å². The Bertz CT molecular complexity index is 546. The molecule has 1 aliphatic heterocycles. The Kier molecular flexibility index (Phi) is 13.3. The second kappa shape index (κ2) is 14.9. The predicted octanol–water partition coefficient (Wildman–Crippen LogP) is 3.12. The van der Waals surface area contributed by atoms with Gasteiger partial charge in [0.2, 0.25) is 0 Å². The Balaban J connectivity index is 0.00000392. The first-order valence-electron chi connectivity index (χ1n) is 10.1. The minimum absolute atomic E-state index is 0. The normalized spacial score (nSPS) is 15.8. The number of nitrogens with zero attached hydrogens (tertiary/aromatic N) is 2. The van der Waals surface area contributed by atoms with E-state index in [0.29, 0.717) is 13.2 Å². The van der Waals surface area contributed by atoms with Crippen LogP contribution in [0.15, 0.2) is 29.3 Å². The van der Waals surface area contributed by atoms with E-state index >= 15 is 0 Å². The number of methoxy groups -OCH3 is 1. The number of hydrogen-bond acceptors (Lipinski definition) is 4. The first kappa shape index (κ1) is 25.0. The summed E-state index contributed by atoms with van der Waals surface area (Å²) in [4.78, 5) is 6.88. The quantitative estimate of drug-likeness (QED) is 0.222.